The number of rotatable bonds is 3. The lowest BCUT2D eigenvalue weighted by atomic mass is 10.0. The highest BCUT2D eigenvalue weighted by atomic mass is 32.1. The summed E-state index contributed by atoms with van der Waals surface area (Å²) >= 11 is 1.79. The fourth-order valence-electron chi connectivity index (χ4n) is 2.42. The van der Waals surface area contributed by atoms with E-state index in [9.17, 15) is 0 Å². The van der Waals surface area contributed by atoms with Crippen molar-refractivity contribution in [3.63, 3.8) is 0 Å². The van der Waals surface area contributed by atoms with E-state index in [1.54, 1.807) is 11.3 Å². The molecule has 0 aliphatic rings. The fraction of sp³-hybridized carbons (Fsp3) is 0.176. The predicted molar refractivity (Wildman–Crippen MR) is 84.9 cm³/mol. The fourth-order valence-corrected chi connectivity index (χ4v) is 3.77. The van der Waals surface area contributed by atoms with E-state index >= 15 is 0 Å². The van der Waals surface area contributed by atoms with Crippen molar-refractivity contribution in [2.45, 2.75) is 20.3 Å². The summed E-state index contributed by atoms with van der Waals surface area (Å²) in [5.41, 5.74) is 4.82. The Morgan fingerprint density at radius 2 is 1.50 bits per heavy atom. The summed E-state index contributed by atoms with van der Waals surface area (Å²) in [6.07, 6.45) is 4.71. The van der Waals surface area contributed by atoms with Crippen molar-refractivity contribution in [1.82, 2.24) is 9.97 Å². The molecule has 0 amide bonds. The summed E-state index contributed by atoms with van der Waals surface area (Å²) in [6.45, 7) is 4.38. The highest BCUT2D eigenvalue weighted by Crippen LogP contribution is 2.40. The standard InChI is InChI=1S/C17H16N2S/c1-3-13-12(2)16(14-8-4-6-10-18-14)20-17(13)15-9-5-7-11-19-15/h4-11H,3H2,1-2H3. The summed E-state index contributed by atoms with van der Waals surface area (Å²) in [5.74, 6) is 0. The molecule has 3 aromatic rings. The topological polar surface area (TPSA) is 25.8 Å². The van der Waals surface area contributed by atoms with Gasteiger partial charge in [-0.3, -0.25) is 9.97 Å². The largest absolute Gasteiger partial charge is 0.255 e. The van der Waals surface area contributed by atoms with E-state index in [1.807, 2.05) is 36.7 Å². The molecular formula is C17H16N2S. The molecule has 100 valence electrons. The van der Waals surface area contributed by atoms with Crippen LogP contribution in [-0.4, -0.2) is 9.97 Å². The molecule has 3 rings (SSSR count). The Labute approximate surface area is 123 Å². The van der Waals surface area contributed by atoms with Gasteiger partial charge in [0, 0.05) is 12.4 Å². The zero-order valence-corrected chi connectivity index (χ0v) is 12.4. The van der Waals surface area contributed by atoms with Crippen molar-refractivity contribution >= 4 is 11.3 Å². The lowest BCUT2D eigenvalue weighted by molar-refractivity contribution is 1.12. The first-order valence-electron chi connectivity index (χ1n) is 6.76. The maximum absolute atomic E-state index is 4.50. The summed E-state index contributed by atoms with van der Waals surface area (Å²) < 4.78 is 0. The highest BCUT2D eigenvalue weighted by Gasteiger charge is 2.17. The second-order valence-electron chi connectivity index (χ2n) is 4.65. The van der Waals surface area contributed by atoms with Crippen LogP contribution in [0.1, 0.15) is 18.1 Å². The van der Waals surface area contributed by atoms with Crippen LogP contribution in [-0.2, 0) is 6.42 Å². The molecule has 0 N–H and O–H groups in total. The van der Waals surface area contributed by atoms with E-state index in [2.05, 4.69) is 35.9 Å². The van der Waals surface area contributed by atoms with Crippen LogP contribution in [0.4, 0.5) is 0 Å². The van der Waals surface area contributed by atoms with Gasteiger partial charge >= 0.3 is 0 Å². The van der Waals surface area contributed by atoms with E-state index < -0.39 is 0 Å². The number of hydrogen-bond acceptors (Lipinski definition) is 3. The molecule has 0 radical (unpaired) electrons. The van der Waals surface area contributed by atoms with Crippen LogP contribution in [0.3, 0.4) is 0 Å². The Morgan fingerprint density at radius 3 is 2.00 bits per heavy atom. The van der Waals surface area contributed by atoms with Gasteiger partial charge in [0.2, 0.25) is 0 Å². The van der Waals surface area contributed by atoms with E-state index in [4.69, 9.17) is 0 Å². The van der Waals surface area contributed by atoms with Gasteiger partial charge in [-0.15, -0.1) is 11.3 Å². The minimum atomic E-state index is 1.01. The van der Waals surface area contributed by atoms with Crippen LogP contribution in [0.25, 0.3) is 21.1 Å². The average molecular weight is 280 g/mol. The van der Waals surface area contributed by atoms with Crippen molar-refractivity contribution in [3.8, 4) is 21.1 Å². The third kappa shape index (κ3) is 2.25. The molecular weight excluding hydrogens is 264 g/mol. The predicted octanol–water partition coefficient (Wildman–Crippen LogP) is 4.74. The van der Waals surface area contributed by atoms with Gasteiger partial charge in [0.05, 0.1) is 21.1 Å². The molecule has 0 spiro atoms. The third-order valence-corrected chi connectivity index (χ3v) is 4.80. The second kappa shape index (κ2) is 5.55. The minimum absolute atomic E-state index is 1.01. The molecule has 0 atom stereocenters. The van der Waals surface area contributed by atoms with Gasteiger partial charge in [-0.1, -0.05) is 19.1 Å². The quantitative estimate of drug-likeness (QED) is 0.692. The van der Waals surface area contributed by atoms with Gasteiger partial charge in [-0.05, 0) is 48.7 Å². The summed E-state index contributed by atoms with van der Waals surface area (Å²) in [5, 5.41) is 0. The number of nitrogens with zero attached hydrogens (tertiary/aromatic N) is 2. The molecule has 3 aromatic heterocycles. The van der Waals surface area contributed by atoms with Crippen LogP contribution >= 0.6 is 11.3 Å². The van der Waals surface area contributed by atoms with Crippen molar-refractivity contribution in [3.05, 3.63) is 59.9 Å². The number of thiophene rings is 1. The highest BCUT2D eigenvalue weighted by molar-refractivity contribution is 7.19. The molecule has 0 unspecified atom stereocenters. The first kappa shape index (κ1) is 13.0. The molecule has 0 aromatic carbocycles. The van der Waals surface area contributed by atoms with E-state index in [-0.39, 0.29) is 0 Å². The Hall–Kier alpha value is -2.00. The van der Waals surface area contributed by atoms with Crippen molar-refractivity contribution in [2.75, 3.05) is 0 Å². The minimum Gasteiger partial charge on any atom is -0.255 e. The Kier molecular flexibility index (Phi) is 3.61. The SMILES string of the molecule is CCc1c(-c2ccccn2)sc(-c2ccccn2)c1C. The third-order valence-electron chi connectivity index (χ3n) is 3.42. The zero-order valence-electron chi connectivity index (χ0n) is 11.6. The number of pyridine rings is 2. The summed E-state index contributed by atoms with van der Waals surface area (Å²) in [4.78, 5) is 11.5. The molecule has 3 heteroatoms. The average Bonchev–Trinajstić information content (AvgIpc) is 2.86. The van der Waals surface area contributed by atoms with E-state index in [1.165, 1.54) is 20.9 Å². The molecule has 0 fully saturated rings. The van der Waals surface area contributed by atoms with E-state index in [0.29, 0.717) is 0 Å². The van der Waals surface area contributed by atoms with Crippen LogP contribution in [0, 0.1) is 6.92 Å². The summed E-state index contributed by atoms with van der Waals surface area (Å²) in [6, 6.07) is 12.1. The Morgan fingerprint density at radius 1 is 0.900 bits per heavy atom. The van der Waals surface area contributed by atoms with Crippen molar-refractivity contribution in [2.24, 2.45) is 0 Å². The normalized spacial score (nSPS) is 10.7. The first-order chi connectivity index (χ1) is 9.81. The van der Waals surface area contributed by atoms with Crippen molar-refractivity contribution in [1.29, 1.82) is 0 Å². The number of hydrogen-bond donors (Lipinski definition) is 0. The molecule has 2 nitrogen and oxygen atoms in total. The van der Waals surface area contributed by atoms with Crippen LogP contribution in [0.2, 0.25) is 0 Å². The van der Waals surface area contributed by atoms with Crippen LogP contribution < -0.4 is 0 Å². The van der Waals surface area contributed by atoms with E-state index in [0.717, 1.165) is 17.8 Å². The van der Waals surface area contributed by atoms with Gasteiger partial charge in [0.25, 0.3) is 0 Å². The lowest BCUT2D eigenvalue weighted by Crippen LogP contribution is -1.87. The van der Waals surface area contributed by atoms with Gasteiger partial charge in [0.15, 0.2) is 0 Å². The molecule has 0 aliphatic heterocycles. The summed E-state index contributed by atoms with van der Waals surface area (Å²) in [7, 11) is 0. The maximum atomic E-state index is 4.50. The molecule has 3 heterocycles. The van der Waals surface area contributed by atoms with Gasteiger partial charge in [-0.25, -0.2) is 0 Å². The monoisotopic (exact) mass is 280 g/mol. The Balaban J connectivity index is 2.18. The molecule has 0 saturated carbocycles. The van der Waals surface area contributed by atoms with Gasteiger partial charge in [-0.2, -0.15) is 0 Å². The first-order valence-corrected chi connectivity index (χ1v) is 7.58. The Bertz CT molecular complexity index is 703. The zero-order chi connectivity index (χ0) is 13.9. The van der Waals surface area contributed by atoms with Crippen molar-refractivity contribution < 1.29 is 0 Å². The second-order valence-corrected chi connectivity index (χ2v) is 5.67. The molecule has 0 saturated heterocycles. The molecule has 0 bridgehead atoms. The van der Waals surface area contributed by atoms with Crippen LogP contribution in [0.5, 0.6) is 0 Å². The molecule has 20 heavy (non-hydrogen) atoms. The lowest BCUT2D eigenvalue weighted by Gasteiger charge is -2.01. The molecule has 0 aliphatic carbocycles. The van der Waals surface area contributed by atoms with Crippen LogP contribution in [0.15, 0.2) is 48.8 Å². The maximum Gasteiger partial charge on any atom is 0.0804 e. The smallest absolute Gasteiger partial charge is 0.0804 e. The number of aromatic nitrogens is 2. The van der Waals surface area contributed by atoms with Gasteiger partial charge in [0.1, 0.15) is 0 Å². The van der Waals surface area contributed by atoms with Gasteiger partial charge < -0.3 is 0 Å².